The molecule has 1 atom stereocenters. The lowest BCUT2D eigenvalue weighted by molar-refractivity contribution is 0.357. The lowest BCUT2D eigenvalue weighted by Crippen LogP contribution is -2.39. The van der Waals surface area contributed by atoms with Crippen LogP contribution in [0.2, 0.25) is 0 Å². The van der Waals surface area contributed by atoms with Gasteiger partial charge in [0.15, 0.2) is 0 Å². The monoisotopic (exact) mass is 364 g/mol. The summed E-state index contributed by atoms with van der Waals surface area (Å²) in [6.07, 6.45) is 7.65. The van der Waals surface area contributed by atoms with E-state index < -0.39 is 10.2 Å². The second-order valence-corrected chi connectivity index (χ2v) is 8.42. The van der Waals surface area contributed by atoms with Gasteiger partial charge in [-0.25, -0.2) is 4.98 Å². The van der Waals surface area contributed by atoms with Crippen molar-refractivity contribution in [3.8, 4) is 11.4 Å². The summed E-state index contributed by atoms with van der Waals surface area (Å²) in [6.45, 7) is 3.40. The van der Waals surface area contributed by atoms with Gasteiger partial charge in [-0.2, -0.15) is 22.1 Å². The molecule has 136 valence electrons. The van der Waals surface area contributed by atoms with Gasteiger partial charge < -0.3 is 0 Å². The fourth-order valence-electron chi connectivity index (χ4n) is 3.13. The van der Waals surface area contributed by atoms with E-state index in [0.717, 1.165) is 37.2 Å². The van der Waals surface area contributed by atoms with Crippen molar-refractivity contribution in [3.05, 3.63) is 30.4 Å². The van der Waals surface area contributed by atoms with Crippen molar-refractivity contribution in [2.45, 2.75) is 38.8 Å². The first-order chi connectivity index (χ1) is 11.9. The van der Waals surface area contributed by atoms with E-state index in [0.29, 0.717) is 12.2 Å². The molecule has 0 bridgehead atoms. The van der Waals surface area contributed by atoms with E-state index in [1.807, 2.05) is 10.7 Å². The summed E-state index contributed by atoms with van der Waals surface area (Å²) in [6, 6.07) is 1.63. The number of hydrogen-bond donors (Lipinski definition) is 0. The highest BCUT2D eigenvalue weighted by Gasteiger charge is 2.37. The van der Waals surface area contributed by atoms with Crippen molar-refractivity contribution >= 4 is 10.2 Å². The zero-order chi connectivity index (χ0) is 18.0. The molecule has 25 heavy (non-hydrogen) atoms. The summed E-state index contributed by atoms with van der Waals surface area (Å²) in [5, 5.41) is 4.32. The van der Waals surface area contributed by atoms with E-state index in [4.69, 9.17) is 4.98 Å². The quantitative estimate of drug-likeness (QED) is 0.779. The van der Waals surface area contributed by atoms with Crippen LogP contribution in [0, 0.1) is 0 Å². The van der Waals surface area contributed by atoms with Crippen molar-refractivity contribution in [2.75, 3.05) is 20.6 Å². The van der Waals surface area contributed by atoms with Crippen LogP contribution in [0.1, 0.15) is 37.9 Å². The van der Waals surface area contributed by atoms with Crippen LogP contribution < -0.4 is 0 Å². The summed E-state index contributed by atoms with van der Waals surface area (Å²) in [5.41, 5.74) is 2.30. The van der Waals surface area contributed by atoms with Gasteiger partial charge in [0.1, 0.15) is 5.69 Å². The minimum absolute atomic E-state index is 0.276. The van der Waals surface area contributed by atoms with Crippen LogP contribution in [0.15, 0.2) is 24.7 Å². The molecule has 0 spiro atoms. The third-order valence-electron chi connectivity index (χ3n) is 4.37. The molecule has 1 saturated heterocycles. The summed E-state index contributed by atoms with van der Waals surface area (Å²) in [7, 11) is -0.373. The maximum absolute atomic E-state index is 12.6. The van der Waals surface area contributed by atoms with E-state index >= 15 is 0 Å². The molecule has 0 radical (unpaired) electrons. The predicted octanol–water partition coefficient (Wildman–Crippen LogP) is 1.69. The number of rotatable bonds is 6. The topological polar surface area (TPSA) is 84.2 Å². The van der Waals surface area contributed by atoms with Crippen LogP contribution in [0.4, 0.5) is 0 Å². The minimum atomic E-state index is -3.48. The molecular formula is C16H24N6O2S. The lowest BCUT2D eigenvalue weighted by atomic mass is 10.1. The zero-order valence-electron chi connectivity index (χ0n) is 14.8. The van der Waals surface area contributed by atoms with Crippen LogP contribution in [0.5, 0.6) is 0 Å². The number of hydrogen-bond acceptors (Lipinski definition) is 5. The van der Waals surface area contributed by atoms with Crippen molar-refractivity contribution in [3.63, 3.8) is 0 Å². The Morgan fingerprint density at radius 2 is 2.12 bits per heavy atom. The molecule has 2 aromatic rings. The second kappa shape index (κ2) is 7.19. The Morgan fingerprint density at radius 1 is 1.32 bits per heavy atom. The summed E-state index contributed by atoms with van der Waals surface area (Å²) < 4.78 is 29.8. The van der Waals surface area contributed by atoms with Crippen LogP contribution in [0.25, 0.3) is 11.4 Å². The van der Waals surface area contributed by atoms with Gasteiger partial charge in [-0.15, -0.1) is 0 Å². The normalized spacial score (nSPS) is 19.0. The highest BCUT2D eigenvalue weighted by Crippen LogP contribution is 2.34. The summed E-state index contributed by atoms with van der Waals surface area (Å²) in [4.78, 5) is 9.02. The Labute approximate surface area is 148 Å². The van der Waals surface area contributed by atoms with Gasteiger partial charge in [-0.1, -0.05) is 6.92 Å². The van der Waals surface area contributed by atoms with Crippen molar-refractivity contribution in [2.24, 2.45) is 0 Å². The van der Waals surface area contributed by atoms with Crippen molar-refractivity contribution in [1.29, 1.82) is 0 Å². The molecule has 1 aliphatic heterocycles. The number of nitrogens with zero attached hydrogens (tertiary/aromatic N) is 6. The van der Waals surface area contributed by atoms with Crippen LogP contribution in [-0.4, -0.2) is 57.4 Å². The third-order valence-corrected chi connectivity index (χ3v) is 6.32. The Kier molecular flexibility index (Phi) is 5.16. The Hall–Kier alpha value is -1.84. The highest BCUT2D eigenvalue weighted by atomic mass is 32.2. The SMILES string of the molecule is CCCn1nccc1-c1cncc([C@H]2CCCN2S(=O)(=O)N(C)C)n1. The van der Waals surface area contributed by atoms with Crippen molar-refractivity contribution in [1.82, 2.24) is 28.4 Å². The predicted molar refractivity (Wildman–Crippen MR) is 94.8 cm³/mol. The highest BCUT2D eigenvalue weighted by molar-refractivity contribution is 7.86. The molecule has 0 aromatic carbocycles. The Morgan fingerprint density at radius 3 is 2.84 bits per heavy atom. The number of aryl methyl sites for hydroxylation is 1. The first kappa shape index (κ1) is 18.0. The van der Waals surface area contributed by atoms with Gasteiger partial charge in [-0.05, 0) is 25.3 Å². The molecule has 0 saturated carbocycles. The Bertz CT molecular complexity index is 833. The van der Waals surface area contributed by atoms with E-state index in [2.05, 4.69) is 17.0 Å². The molecule has 3 rings (SSSR count). The molecule has 3 heterocycles. The van der Waals surface area contributed by atoms with E-state index in [-0.39, 0.29) is 6.04 Å². The fraction of sp³-hybridized carbons (Fsp3) is 0.562. The van der Waals surface area contributed by atoms with Crippen LogP contribution in [-0.2, 0) is 16.8 Å². The molecule has 2 aromatic heterocycles. The molecule has 0 amide bonds. The maximum atomic E-state index is 12.6. The summed E-state index contributed by atoms with van der Waals surface area (Å²) in [5.74, 6) is 0. The molecule has 9 heteroatoms. The van der Waals surface area contributed by atoms with Gasteiger partial charge in [0.2, 0.25) is 0 Å². The number of aromatic nitrogens is 4. The van der Waals surface area contributed by atoms with Crippen LogP contribution in [0.3, 0.4) is 0 Å². The largest absolute Gasteiger partial charge is 0.282 e. The third kappa shape index (κ3) is 3.44. The average Bonchev–Trinajstić information content (AvgIpc) is 3.24. The molecule has 0 unspecified atom stereocenters. The standard InChI is InChI=1S/C16H24N6O2S/c1-4-9-21-15(7-8-18-21)13-11-17-12-14(19-13)16-6-5-10-22(16)25(23,24)20(2)3/h7-8,11-12,16H,4-6,9-10H2,1-3H3/t16-/m1/s1. The molecule has 1 fully saturated rings. The van der Waals surface area contributed by atoms with Crippen LogP contribution >= 0.6 is 0 Å². The Balaban J connectivity index is 1.95. The first-order valence-electron chi connectivity index (χ1n) is 8.48. The van der Waals surface area contributed by atoms with Gasteiger partial charge in [0.05, 0.1) is 29.8 Å². The molecule has 0 N–H and O–H groups in total. The molecular weight excluding hydrogens is 340 g/mol. The van der Waals surface area contributed by atoms with E-state index in [9.17, 15) is 8.42 Å². The summed E-state index contributed by atoms with van der Waals surface area (Å²) >= 11 is 0. The molecule has 0 aliphatic carbocycles. The van der Waals surface area contributed by atoms with Gasteiger partial charge in [0.25, 0.3) is 10.2 Å². The fourth-order valence-corrected chi connectivity index (χ4v) is 4.44. The van der Waals surface area contributed by atoms with E-state index in [1.165, 1.54) is 8.61 Å². The lowest BCUT2D eigenvalue weighted by Gasteiger charge is -2.26. The van der Waals surface area contributed by atoms with Gasteiger partial charge in [-0.3, -0.25) is 9.67 Å². The maximum Gasteiger partial charge on any atom is 0.282 e. The van der Waals surface area contributed by atoms with Gasteiger partial charge in [0, 0.05) is 33.4 Å². The van der Waals surface area contributed by atoms with Crippen molar-refractivity contribution < 1.29 is 8.42 Å². The average molecular weight is 364 g/mol. The molecule has 1 aliphatic rings. The second-order valence-electron chi connectivity index (χ2n) is 6.33. The van der Waals surface area contributed by atoms with Gasteiger partial charge >= 0.3 is 0 Å². The smallest absolute Gasteiger partial charge is 0.263 e. The zero-order valence-corrected chi connectivity index (χ0v) is 15.6. The molecule has 8 nitrogen and oxygen atoms in total. The minimum Gasteiger partial charge on any atom is -0.263 e. The first-order valence-corrected chi connectivity index (χ1v) is 9.88. The van der Waals surface area contributed by atoms with E-state index in [1.54, 1.807) is 32.7 Å².